The van der Waals surface area contributed by atoms with Gasteiger partial charge in [0.2, 0.25) is 0 Å². The summed E-state index contributed by atoms with van der Waals surface area (Å²) in [6.45, 7) is 0.0611. The predicted molar refractivity (Wildman–Crippen MR) is 77.7 cm³/mol. The molecule has 1 aromatic carbocycles. The summed E-state index contributed by atoms with van der Waals surface area (Å²) in [5, 5.41) is 0.685. The number of unbranched alkanes of at least 4 members (excludes halogenated alkanes) is 1. The molecule has 0 aliphatic rings. The summed E-state index contributed by atoms with van der Waals surface area (Å²) >= 11 is 5.56. The lowest BCUT2D eigenvalue weighted by Crippen LogP contribution is -2.03. The van der Waals surface area contributed by atoms with E-state index in [2.05, 4.69) is 4.36 Å². The summed E-state index contributed by atoms with van der Waals surface area (Å²) in [5.74, 6) is -0.353. The van der Waals surface area contributed by atoms with Gasteiger partial charge in [0.25, 0.3) is 10.1 Å². The van der Waals surface area contributed by atoms with Crippen LogP contribution in [0.15, 0.2) is 28.6 Å². The van der Waals surface area contributed by atoms with E-state index in [9.17, 15) is 16.8 Å². The number of halogens is 1. The van der Waals surface area contributed by atoms with Gasteiger partial charge < -0.3 is 5.73 Å². The smallest absolute Gasteiger partial charge is 0.311 e. The van der Waals surface area contributed by atoms with E-state index in [0.717, 1.165) is 0 Å². The molecule has 0 radical (unpaired) electrons. The average Bonchev–Trinajstić information content (AvgIpc) is 2.27. The summed E-state index contributed by atoms with van der Waals surface area (Å²) < 4.78 is 51.2. The van der Waals surface area contributed by atoms with Crippen LogP contribution in [-0.4, -0.2) is 33.7 Å². The van der Waals surface area contributed by atoms with Crippen LogP contribution in [0.4, 0.5) is 5.69 Å². The van der Waals surface area contributed by atoms with Crippen LogP contribution in [0.3, 0.4) is 0 Å². The van der Waals surface area contributed by atoms with Gasteiger partial charge in [0.15, 0.2) is 0 Å². The monoisotopic (exact) mass is 342 g/mol. The van der Waals surface area contributed by atoms with Crippen molar-refractivity contribution in [1.29, 1.82) is 0 Å². The van der Waals surface area contributed by atoms with E-state index in [1.54, 1.807) is 18.2 Å². The Morgan fingerprint density at radius 3 is 2.35 bits per heavy atom. The van der Waals surface area contributed by atoms with E-state index >= 15 is 0 Å². The normalized spacial score (nSPS) is 10.3. The number of nitrogen functional groups attached to an aromatic ring is 1. The van der Waals surface area contributed by atoms with Crippen LogP contribution in [0.2, 0.25) is 5.02 Å². The first-order valence-corrected chi connectivity index (χ1v) is 8.45. The number of benzene rings is 1. The zero-order valence-electron chi connectivity index (χ0n) is 10.4. The minimum atomic E-state index is -3.92. The van der Waals surface area contributed by atoms with Gasteiger partial charge in [-0.15, -0.1) is 0 Å². The molecule has 0 aliphatic carbocycles. The molecule has 0 aliphatic heterocycles. The predicted octanol–water partition coefficient (Wildman–Crippen LogP) is 1.64. The van der Waals surface area contributed by atoms with E-state index in [1.165, 1.54) is 0 Å². The molecule has 0 heterocycles. The maximum Gasteiger partial charge on any atom is 0.311 e. The van der Waals surface area contributed by atoms with E-state index in [4.69, 9.17) is 21.9 Å². The van der Waals surface area contributed by atoms with Gasteiger partial charge in [0.05, 0.1) is 12.3 Å². The van der Waals surface area contributed by atoms with Crippen molar-refractivity contribution in [3.63, 3.8) is 0 Å². The molecule has 0 atom stereocenters. The van der Waals surface area contributed by atoms with Gasteiger partial charge in [-0.3, -0.25) is 4.55 Å². The molecule has 0 saturated carbocycles. The van der Waals surface area contributed by atoms with E-state index in [0.29, 0.717) is 17.1 Å². The number of rotatable bonds is 5. The van der Waals surface area contributed by atoms with Gasteiger partial charge in [-0.1, -0.05) is 17.7 Å². The average molecular weight is 343 g/mol. The Kier molecular flexibility index (Phi) is 9.14. The summed E-state index contributed by atoms with van der Waals surface area (Å²) in [7, 11) is -6.35. The highest BCUT2D eigenvalue weighted by atomic mass is 35.5. The second-order valence-electron chi connectivity index (χ2n) is 3.62. The van der Waals surface area contributed by atoms with Crippen LogP contribution >= 0.6 is 11.6 Å². The summed E-state index contributed by atoms with van der Waals surface area (Å²) in [6.07, 6.45) is 0.535. The fourth-order valence-electron chi connectivity index (χ4n) is 1.04. The van der Waals surface area contributed by atoms with Crippen LogP contribution in [-0.2, 0) is 20.6 Å². The van der Waals surface area contributed by atoms with Gasteiger partial charge in [0, 0.05) is 10.7 Å². The molecule has 3 N–H and O–H groups in total. The first-order chi connectivity index (χ1) is 9.20. The maximum absolute atomic E-state index is 10.1. The molecule has 114 valence electrons. The van der Waals surface area contributed by atoms with Crippen molar-refractivity contribution in [3.05, 3.63) is 29.3 Å². The topological polar surface area (TPSA) is 127 Å². The van der Waals surface area contributed by atoms with Crippen LogP contribution in [0, 0.1) is 0 Å². The van der Waals surface area contributed by atoms with Crippen molar-refractivity contribution in [1.82, 2.24) is 0 Å². The second kappa shape index (κ2) is 9.70. The van der Waals surface area contributed by atoms with Crippen molar-refractivity contribution >= 4 is 37.9 Å². The van der Waals surface area contributed by atoms with E-state index < -0.39 is 20.6 Å². The van der Waals surface area contributed by atoms with Crippen molar-refractivity contribution in [2.75, 3.05) is 18.0 Å². The lowest BCUT2D eigenvalue weighted by atomic mass is 10.3. The highest BCUT2D eigenvalue weighted by molar-refractivity contribution is 7.85. The molecule has 1 aromatic rings. The Balaban J connectivity index is 0.000000388. The highest BCUT2D eigenvalue weighted by Crippen LogP contribution is 2.10. The number of anilines is 1. The van der Waals surface area contributed by atoms with E-state index in [1.807, 2.05) is 6.07 Å². The zero-order valence-corrected chi connectivity index (χ0v) is 12.8. The highest BCUT2D eigenvalue weighted by Gasteiger charge is 2.02. The summed E-state index contributed by atoms with van der Waals surface area (Å²) in [6, 6.07) is 7.11. The van der Waals surface area contributed by atoms with Gasteiger partial charge in [-0.25, -0.2) is 0 Å². The minimum Gasteiger partial charge on any atom is -0.399 e. The number of nitrogens with zero attached hydrogens (tertiary/aromatic N) is 1. The molecule has 0 aromatic heterocycles. The Morgan fingerprint density at radius 1 is 1.30 bits per heavy atom. The molecule has 0 fully saturated rings. The van der Waals surface area contributed by atoms with Crippen molar-refractivity contribution < 1.29 is 21.4 Å². The Hall–Kier alpha value is -1.16. The lowest BCUT2D eigenvalue weighted by molar-refractivity contribution is 0.480. The molecule has 0 unspecified atom stereocenters. The van der Waals surface area contributed by atoms with Crippen LogP contribution in [0.5, 0.6) is 0 Å². The third-order valence-corrected chi connectivity index (χ3v) is 3.29. The number of hydrogen-bond acceptors (Lipinski definition) is 6. The van der Waals surface area contributed by atoms with Crippen LogP contribution in [0.1, 0.15) is 12.8 Å². The summed E-state index contributed by atoms with van der Waals surface area (Å²) in [4.78, 5) is 0. The summed E-state index contributed by atoms with van der Waals surface area (Å²) in [5.41, 5.74) is 6.08. The fourth-order valence-corrected chi connectivity index (χ4v) is 2.09. The van der Waals surface area contributed by atoms with Crippen molar-refractivity contribution in [2.45, 2.75) is 12.8 Å². The second-order valence-corrected chi connectivity index (χ2v) is 6.32. The fraction of sp³-hybridized carbons (Fsp3) is 0.400. The SMILES string of the molecule is Nc1cccc(Cl)c1.O=S(=O)=NCCCCS(=O)(=O)O. The third-order valence-electron chi connectivity index (χ3n) is 1.86. The molecule has 0 saturated heterocycles. The molecule has 20 heavy (non-hydrogen) atoms. The Bertz CT molecular complexity index is 618. The first-order valence-electron chi connectivity index (χ1n) is 5.44. The quantitative estimate of drug-likeness (QED) is 0.475. The van der Waals surface area contributed by atoms with E-state index in [-0.39, 0.29) is 18.7 Å². The molecule has 0 bridgehead atoms. The van der Waals surface area contributed by atoms with Crippen LogP contribution in [0.25, 0.3) is 0 Å². The third kappa shape index (κ3) is 13.3. The first kappa shape index (κ1) is 18.8. The zero-order chi connectivity index (χ0) is 15.6. The molecule has 7 nitrogen and oxygen atoms in total. The molecule has 10 heteroatoms. The van der Waals surface area contributed by atoms with Crippen LogP contribution < -0.4 is 5.73 Å². The molecular weight excluding hydrogens is 328 g/mol. The molecular formula is C10H15ClN2O5S2. The van der Waals surface area contributed by atoms with Gasteiger partial charge in [0.1, 0.15) is 0 Å². The Labute approximate surface area is 124 Å². The van der Waals surface area contributed by atoms with Crippen molar-refractivity contribution in [3.8, 4) is 0 Å². The van der Waals surface area contributed by atoms with Gasteiger partial charge in [-0.2, -0.15) is 21.2 Å². The molecule has 0 spiro atoms. The standard InChI is InChI=1S/C6H6ClN.C4H9NO5S2/c7-5-2-1-3-6(8)4-5;6-11(7)5-3-1-2-4-12(8,9)10/h1-4H,8H2;1-4H2,(H,8,9,10). The van der Waals surface area contributed by atoms with Crippen molar-refractivity contribution in [2.24, 2.45) is 4.36 Å². The van der Waals surface area contributed by atoms with Gasteiger partial charge in [-0.05, 0) is 31.0 Å². The number of nitrogens with two attached hydrogens (primary N) is 1. The molecule has 1 rings (SSSR count). The minimum absolute atomic E-state index is 0.0611. The number of hydrogen-bond donors (Lipinski definition) is 2. The lowest BCUT2D eigenvalue weighted by Gasteiger charge is -1.92. The Morgan fingerprint density at radius 2 is 1.95 bits per heavy atom. The molecule has 0 amide bonds. The van der Waals surface area contributed by atoms with Gasteiger partial charge >= 0.3 is 10.5 Å². The largest absolute Gasteiger partial charge is 0.399 e. The maximum atomic E-state index is 10.1.